The van der Waals surface area contributed by atoms with Crippen LogP contribution in [0.2, 0.25) is 0 Å². The predicted octanol–water partition coefficient (Wildman–Crippen LogP) is 1.06. The number of carbonyl (C=O) groups is 1. The maximum Gasteiger partial charge on any atom is 0.319 e. The molecule has 0 aromatic heterocycles. The predicted molar refractivity (Wildman–Crippen MR) is 81.9 cm³/mol. The molecule has 5 nitrogen and oxygen atoms in total. The molecule has 0 saturated carbocycles. The summed E-state index contributed by atoms with van der Waals surface area (Å²) in [6.07, 6.45) is 4.82. The van der Waals surface area contributed by atoms with Crippen molar-refractivity contribution < 1.29 is 4.79 Å². The monoisotopic (exact) mass is 282 g/mol. The molecule has 2 saturated heterocycles. The molecule has 2 amide bonds. The van der Waals surface area contributed by atoms with Crippen LogP contribution in [0.1, 0.15) is 25.7 Å². The van der Waals surface area contributed by atoms with Crippen LogP contribution in [0.15, 0.2) is 0 Å². The number of piperidine rings is 2. The summed E-state index contributed by atoms with van der Waals surface area (Å²) >= 11 is 0. The van der Waals surface area contributed by atoms with Crippen LogP contribution in [0.4, 0.5) is 4.79 Å². The summed E-state index contributed by atoms with van der Waals surface area (Å²) in [5.41, 5.74) is 0. The van der Waals surface area contributed by atoms with Gasteiger partial charge in [-0.05, 0) is 58.3 Å². The Morgan fingerprint density at radius 3 is 2.25 bits per heavy atom. The smallest absolute Gasteiger partial charge is 0.319 e. The third kappa shape index (κ3) is 4.35. The van der Waals surface area contributed by atoms with Gasteiger partial charge >= 0.3 is 6.03 Å². The highest BCUT2D eigenvalue weighted by molar-refractivity contribution is 5.73. The van der Waals surface area contributed by atoms with Gasteiger partial charge in [0.25, 0.3) is 0 Å². The second-order valence-electron chi connectivity index (χ2n) is 6.59. The molecule has 5 heteroatoms. The Labute approximate surface area is 123 Å². The molecule has 0 unspecified atom stereocenters. The molecule has 0 aliphatic carbocycles. The zero-order valence-electron chi connectivity index (χ0n) is 13.3. The van der Waals surface area contributed by atoms with Crippen LogP contribution in [0.25, 0.3) is 0 Å². The summed E-state index contributed by atoms with van der Waals surface area (Å²) in [4.78, 5) is 17.9. The normalized spacial score (nSPS) is 23.1. The minimum Gasteiger partial charge on any atom is -0.331 e. The Hall–Kier alpha value is -0.810. The van der Waals surface area contributed by atoms with Crippen molar-refractivity contribution in [1.82, 2.24) is 20.0 Å². The van der Waals surface area contributed by atoms with E-state index >= 15 is 0 Å². The van der Waals surface area contributed by atoms with Crippen molar-refractivity contribution in [3.63, 3.8) is 0 Å². The van der Waals surface area contributed by atoms with Crippen LogP contribution >= 0.6 is 0 Å². The van der Waals surface area contributed by atoms with E-state index in [1.165, 1.54) is 25.9 Å². The number of rotatable bonds is 3. The van der Waals surface area contributed by atoms with Gasteiger partial charge in [-0.1, -0.05) is 0 Å². The van der Waals surface area contributed by atoms with Gasteiger partial charge in [-0.3, -0.25) is 0 Å². The van der Waals surface area contributed by atoms with Crippen molar-refractivity contribution in [2.24, 2.45) is 5.92 Å². The molecular weight excluding hydrogens is 252 g/mol. The van der Waals surface area contributed by atoms with Crippen molar-refractivity contribution in [2.75, 3.05) is 53.9 Å². The van der Waals surface area contributed by atoms with Gasteiger partial charge in [-0.15, -0.1) is 0 Å². The molecule has 2 aliphatic rings. The number of nitrogens with zero attached hydrogens (tertiary/aromatic N) is 3. The fourth-order valence-corrected chi connectivity index (χ4v) is 3.16. The standard InChI is InChI=1S/C15H30N4O/c1-17(2)15(20)19-10-6-14(7-11-19)16-12-13-4-8-18(3)9-5-13/h13-14,16H,4-12H2,1-3H3. The van der Waals surface area contributed by atoms with Crippen molar-refractivity contribution in [3.8, 4) is 0 Å². The summed E-state index contributed by atoms with van der Waals surface area (Å²) in [7, 11) is 5.86. The Balaban J connectivity index is 1.63. The molecule has 0 radical (unpaired) electrons. The van der Waals surface area contributed by atoms with Gasteiger partial charge < -0.3 is 20.0 Å². The summed E-state index contributed by atoms with van der Waals surface area (Å²) in [6.45, 7) is 5.41. The molecule has 2 fully saturated rings. The topological polar surface area (TPSA) is 38.8 Å². The summed E-state index contributed by atoms with van der Waals surface area (Å²) in [5.74, 6) is 0.840. The van der Waals surface area contributed by atoms with Crippen LogP contribution in [0.3, 0.4) is 0 Å². The van der Waals surface area contributed by atoms with Gasteiger partial charge in [-0.2, -0.15) is 0 Å². The molecular formula is C15H30N4O. The van der Waals surface area contributed by atoms with E-state index in [1.807, 2.05) is 19.0 Å². The van der Waals surface area contributed by atoms with E-state index in [9.17, 15) is 4.79 Å². The van der Waals surface area contributed by atoms with Crippen molar-refractivity contribution in [3.05, 3.63) is 0 Å². The number of hydrogen-bond donors (Lipinski definition) is 1. The average Bonchev–Trinajstić information content (AvgIpc) is 2.46. The summed E-state index contributed by atoms with van der Waals surface area (Å²) < 4.78 is 0. The fourth-order valence-electron chi connectivity index (χ4n) is 3.16. The van der Waals surface area contributed by atoms with Crippen LogP contribution in [0.5, 0.6) is 0 Å². The Bertz CT molecular complexity index is 305. The first kappa shape index (κ1) is 15.6. The Morgan fingerprint density at radius 2 is 1.70 bits per heavy atom. The van der Waals surface area contributed by atoms with Gasteiger partial charge in [0.2, 0.25) is 0 Å². The lowest BCUT2D eigenvalue weighted by atomic mass is 9.96. The maximum atomic E-state index is 11.9. The minimum atomic E-state index is 0.152. The molecule has 0 bridgehead atoms. The van der Waals surface area contributed by atoms with E-state index in [4.69, 9.17) is 0 Å². The molecule has 2 aliphatic heterocycles. The lowest BCUT2D eigenvalue weighted by Crippen LogP contribution is -2.49. The fraction of sp³-hybridized carbons (Fsp3) is 0.933. The molecule has 0 spiro atoms. The first-order valence-corrected chi connectivity index (χ1v) is 7.94. The summed E-state index contributed by atoms with van der Waals surface area (Å²) in [5, 5.41) is 3.72. The van der Waals surface area contributed by atoms with Gasteiger partial charge in [-0.25, -0.2) is 4.79 Å². The molecule has 1 N–H and O–H groups in total. The number of nitrogens with one attached hydrogen (secondary N) is 1. The van der Waals surface area contributed by atoms with Crippen LogP contribution in [0, 0.1) is 5.92 Å². The van der Waals surface area contributed by atoms with Gasteiger partial charge in [0.1, 0.15) is 0 Å². The average molecular weight is 282 g/mol. The van der Waals surface area contributed by atoms with E-state index in [-0.39, 0.29) is 6.03 Å². The highest BCUT2D eigenvalue weighted by atomic mass is 16.2. The largest absolute Gasteiger partial charge is 0.331 e. The Morgan fingerprint density at radius 1 is 1.10 bits per heavy atom. The number of amides is 2. The molecule has 0 aromatic carbocycles. The quantitative estimate of drug-likeness (QED) is 0.841. The third-order valence-corrected chi connectivity index (χ3v) is 4.68. The van der Waals surface area contributed by atoms with Crippen LogP contribution in [-0.4, -0.2) is 80.6 Å². The highest BCUT2D eigenvalue weighted by Gasteiger charge is 2.24. The van der Waals surface area contributed by atoms with Gasteiger partial charge in [0.15, 0.2) is 0 Å². The van der Waals surface area contributed by atoms with Crippen molar-refractivity contribution >= 4 is 6.03 Å². The molecule has 2 rings (SSSR count). The SMILES string of the molecule is CN1CCC(CNC2CCN(C(=O)N(C)C)CC2)CC1. The highest BCUT2D eigenvalue weighted by Crippen LogP contribution is 2.17. The third-order valence-electron chi connectivity index (χ3n) is 4.68. The molecule has 2 heterocycles. The number of carbonyl (C=O) groups excluding carboxylic acids is 1. The number of likely N-dealkylation sites (tertiary alicyclic amines) is 2. The van der Waals surface area contributed by atoms with E-state index in [1.54, 1.807) is 4.90 Å². The number of hydrogen-bond acceptors (Lipinski definition) is 3. The van der Waals surface area contributed by atoms with Gasteiger partial charge in [0.05, 0.1) is 0 Å². The summed E-state index contributed by atoms with van der Waals surface area (Å²) in [6, 6.07) is 0.750. The second kappa shape index (κ2) is 7.27. The van der Waals surface area contributed by atoms with Crippen LogP contribution in [-0.2, 0) is 0 Å². The lowest BCUT2D eigenvalue weighted by Gasteiger charge is -2.35. The van der Waals surface area contributed by atoms with E-state index < -0.39 is 0 Å². The number of urea groups is 1. The van der Waals surface area contributed by atoms with Crippen molar-refractivity contribution in [1.29, 1.82) is 0 Å². The van der Waals surface area contributed by atoms with E-state index in [2.05, 4.69) is 17.3 Å². The first-order valence-electron chi connectivity index (χ1n) is 7.94. The zero-order valence-corrected chi connectivity index (χ0v) is 13.3. The Kier molecular flexibility index (Phi) is 5.66. The molecule has 20 heavy (non-hydrogen) atoms. The van der Waals surface area contributed by atoms with Gasteiger partial charge in [0, 0.05) is 33.2 Å². The maximum absolute atomic E-state index is 11.9. The minimum absolute atomic E-state index is 0.152. The first-order chi connectivity index (χ1) is 9.56. The lowest BCUT2D eigenvalue weighted by molar-refractivity contribution is 0.149. The molecule has 0 aromatic rings. The van der Waals surface area contributed by atoms with E-state index in [0.717, 1.165) is 38.4 Å². The molecule has 116 valence electrons. The van der Waals surface area contributed by atoms with Crippen molar-refractivity contribution in [2.45, 2.75) is 31.7 Å². The second-order valence-corrected chi connectivity index (χ2v) is 6.59. The van der Waals surface area contributed by atoms with Crippen LogP contribution < -0.4 is 5.32 Å². The van der Waals surface area contributed by atoms with E-state index in [0.29, 0.717) is 6.04 Å². The zero-order chi connectivity index (χ0) is 14.5. The molecule has 0 atom stereocenters.